The van der Waals surface area contributed by atoms with Crippen LogP contribution >= 0.6 is 0 Å². The molecular weight excluding hydrogens is 242 g/mol. The van der Waals surface area contributed by atoms with E-state index < -0.39 is 0 Å². The highest BCUT2D eigenvalue weighted by Crippen LogP contribution is 2.16. The van der Waals surface area contributed by atoms with E-state index in [4.69, 9.17) is 9.15 Å². The maximum atomic E-state index is 11.9. The predicted octanol–water partition coefficient (Wildman–Crippen LogP) is 2.63. The molecule has 1 aromatic carbocycles. The van der Waals surface area contributed by atoms with Crippen LogP contribution in [0.25, 0.3) is 0 Å². The smallest absolute Gasteiger partial charge is 0.260 e. The molecule has 4 heteroatoms. The highest BCUT2D eigenvalue weighted by atomic mass is 16.5. The normalized spacial score (nSPS) is 10.2. The Bertz CT molecular complexity index is 534. The molecule has 100 valence electrons. The topological polar surface area (TPSA) is 42.7 Å². The Balaban J connectivity index is 1.86. The molecule has 0 aliphatic carbocycles. The van der Waals surface area contributed by atoms with Gasteiger partial charge in [-0.25, -0.2) is 0 Å². The number of aryl methyl sites for hydroxylation is 1. The van der Waals surface area contributed by atoms with E-state index >= 15 is 0 Å². The van der Waals surface area contributed by atoms with E-state index in [1.165, 1.54) is 0 Å². The summed E-state index contributed by atoms with van der Waals surface area (Å²) >= 11 is 0. The van der Waals surface area contributed by atoms with Gasteiger partial charge >= 0.3 is 0 Å². The van der Waals surface area contributed by atoms with Crippen LogP contribution in [0.1, 0.15) is 11.3 Å². The Morgan fingerprint density at radius 3 is 2.74 bits per heavy atom. The first-order valence-corrected chi connectivity index (χ1v) is 6.11. The van der Waals surface area contributed by atoms with Gasteiger partial charge in [-0.15, -0.1) is 0 Å². The molecule has 2 aromatic rings. The van der Waals surface area contributed by atoms with Crippen LogP contribution in [0.4, 0.5) is 0 Å². The van der Waals surface area contributed by atoms with Gasteiger partial charge in [-0.05, 0) is 30.7 Å². The molecule has 19 heavy (non-hydrogen) atoms. The molecule has 1 amide bonds. The third-order valence-electron chi connectivity index (χ3n) is 2.84. The maximum Gasteiger partial charge on any atom is 0.260 e. The number of hydrogen-bond donors (Lipinski definition) is 0. The van der Waals surface area contributed by atoms with Gasteiger partial charge in [-0.2, -0.15) is 0 Å². The zero-order valence-corrected chi connectivity index (χ0v) is 11.1. The van der Waals surface area contributed by atoms with Crippen LogP contribution in [0.15, 0.2) is 47.1 Å². The highest BCUT2D eigenvalue weighted by Gasteiger charge is 2.11. The van der Waals surface area contributed by atoms with Gasteiger partial charge in [0.15, 0.2) is 6.61 Å². The number of rotatable bonds is 5. The van der Waals surface area contributed by atoms with Crippen molar-refractivity contribution in [2.75, 3.05) is 13.7 Å². The Hall–Kier alpha value is -2.23. The summed E-state index contributed by atoms with van der Waals surface area (Å²) in [5, 5.41) is 0. The SMILES string of the molecule is Cc1ccccc1OCC(=O)N(C)Cc1ccco1. The minimum absolute atomic E-state index is 0.0298. The van der Waals surface area contributed by atoms with Crippen LogP contribution in [0, 0.1) is 6.92 Å². The summed E-state index contributed by atoms with van der Waals surface area (Å²) in [4.78, 5) is 13.5. The summed E-state index contributed by atoms with van der Waals surface area (Å²) < 4.78 is 10.7. The van der Waals surface area contributed by atoms with E-state index in [-0.39, 0.29) is 12.5 Å². The largest absolute Gasteiger partial charge is 0.484 e. The fourth-order valence-corrected chi connectivity index (χ4v) is 1.69. The molecule has 0 aliphatic rings. The summed E-state index contributed by atoms with van der Waals surface area (Å²) in [6.45, 7) is 2.43. The van der Waals surface area contributed by atoms with E-state index in [1.807, 2.05) is 37.3 Å². The summed E-state index contributed by atoms with van der Waals surface area (Å²) in [5.74, 6) is 1.41. The zero-order chi connectivity index (χ0) is 13.7. The summed E-state index contributed by atoms with van der Waals surface area (Å²) in [6.07, 6.45) is 1.59. The molecule has 0 saturated heterocycles. The van der Waals surface area contributed by atoms with E-state index in [0.29, 0.717) is 6.54 Å². The molecule has 0 saturated carbocycles. The maximum absolute atomic E-state index is 11.9. The quantitative estimate of drug-likeness (QED) is 0.829. The Labute approximate surface area is 112 Å². The second-order valence-electron chi connectivity index (χ2n) is 4.38. The number of likely N-dealkylation sites (N-methyl/N-ethyl adjacent to an activating group) is 1. The van der Waals surface area contributed by atoms with Crippen molar-refractivity contribution in [3.8, 4) is 5.75 Å². The standard InChI is InChI=1S/C15H17NO3/c1-12-6-3-4-8-14(12)19-11-15(17)16(2)10-13-7-5-9-18-13/h3-9H,10-11H2,1-2H3. The number of nitrogens with zero attached hydrogens (tertiary/aromatic N) is 1. The number of benzene rings is 1. The minimum Gasteiger partial charge on any atom is -0.484 e. The lowest BCUT2D eigenvalue weighted by molar-refractivity contribution is -0.132. The first-order valence-electron chi connectivity index (χ1n) is 6.11. The zero-order valence-electron chi connectivity index (χ0n) is 11.1. The van der Waals surface area contributed by atoms with Crippen LogP contribution in [-0.4, -0.2) is 24.5 Å². The van der Waals surface area contributed by atoms with Crippen LogP contribution in [0.2, 0.25) is 0 Å². The first kappa shape index (κ1) is 13.2. The molecule has 0 atom stereocenters. The first-order chi connectivity index (χ1) is 9.16. The lowest BCUT2D eigenvalue weighted by atomic mass is 10.2. The van der Waals surface area contributed by atoms with Gasteiger partial charge in [0.25, 0.3) is 5.91 Å². The molecule has 0 bridgehead atoms. The molecule has 4 nitrogen and oxygen atoms in total. The monoisotopic (exact) mass is 259 g/mol. The Morgan fingerprint density at radius 1 is 1.26 bits per heavy atom. The minimum atomic E-state index is -0.0837. The molecule has 1 heterocycles. The lowest BCUT2D eigenvalue weighted by Gasteiger charge is -2.16. The molecule has 0 radical (unpaired) electrons. The Kier molecular flexibility index (Phi) is 4.23. The number of hydrogen-bond acceptors (Lipinski definition) is 3. The van der Waals surface area contributed by atoms with Gasteiger partial charge in [-0.1, -0.05) is 18.2 Å². The average Bonchev–Trinajstić information content (AvgIpc) is 2.90. The van der Waals surface area contributed by atoms with Crippen molar-refractivity contribution in [1.82, 2.24) is 4.90 Å². The van der Waals surface area contributed by atoms with Gasteiger partial charge in [0, 0.05) is 7.05 Å². The molecule has 1 aromatic heterocycles. The van der Waals surface area contributed by atoms with Gasteiger partial charge in [-0.3, -0.25) is 4.79 Å². The number of furan rings is 1. The number of ether oxygens (including phenoxy) is 1. The number of carbonyl (C=O) groups is 1. The number of amides is 1. The fourth-order valence-electron chi connectivity index (χ4n) is 1.69. The van der Waals surface area contributed by atoms with E-state index in [0.717, 1.165) is 17.1 Å². The van der Waals surface area contributed by atoms with Crippen LogP contribution in [0.3, 0.4) is 0 Å². The number of para-hydroxylation sites is 1. The predicted molar refractivity (Wildman–Crippen MR) is 71.9 cm³/mol. The van der Waals surface area contributed by atoms with Crippen LogP contribution < -0.4 is 4.74 Å². The molecular formula is C15H17NO3. The van der Waals surface area contributed by atoms with Gasteiger partial charge in [0.05, 0.1) is 12.8 Å². The van der Waals surface area contributed by atoms with Crippen LogP contribution in [-0.2, 0) is 11.3 Å². The van der Waals surface area contributed by atoms with Crippen molar-refractivity contribution >= 4 is 5.91 Å². The summed E-state index contributed by atoms with van der Waals surface area (Å²) in [7, 11) is 1.73. The summed E-state index contributed by atoms with van der Waals surface area (Å²) in [5.41, 5.74) is 1.02. The van der Waals surface area contributed by atoms with Crippen molar-refractivity contribution in [1.29, 1.82) is 0 Å². The lowest BCUT2D eigenvalue weighted by Crippen LogP contribution is -2.30. The molecule has 0 N–H and O–H groups in total. The van der Waals surface area contributed by atoms with Crippen molar-refractivity contribution in [2.24, 2.45) is 0 Å². The van der Waals surface area contributed by atoms with E-state index in [1.54, 1.807) is 24.3 Å². The van der Waals surface area contributed by atoms with Crippen molar-refractivity contribution < 1.29 is 13.9 Å². The molecule has 0 spiro atoms. The average molecular weight is 259 g/mol. The molecule has 0 fully saturated rings. The van der Waals surface area contributed by atoms with Crippen molar-refractivity contribution in [3.63, 3.8) is 0 Å². The van der Waals surface area contributed by atoms with Gasteiger partial charge in [0.2, 0.25) is 0 Å². The fraction of sp³-hybridized carbons (Fsp3) is 0.267. The number of carbonyl (C=O) groups excluding carboxylic acids is 1. The van der Waals surface area contributed by atoms with Crippen LogP contribution in [0.5, 0.6) is 5.75 Å². The van der Waals surface area contributed by atoms with Crippen molar-refractivity contribution in [3.05, 3.63) is 54.0 Å². The molecule has 0 unspecified atom stereocenters. The van der Waals surface area contributed by atoms with E-state index in [9.17, 15) is 4.79 Å². The molecule has 2 rings (SSSR count). The second-order valence-corrected chi connectivity index (χ2v) is 4.38. The third kappa shape index (κ3) is 3.61. The second kappa shape index (κ2) is 6.09. The Morgan fingerprint density at radius 2 is 2.05 bits per heavy atom. The highest BCUT2D eigenvalue weighted by molar-refractivity contribution is 5.77. The van der Waals surface area contributed by atoms with E-state index in [2.05, 4.69) is 0 Å². The van der Waals surface area contributed by atoms with Gasteiger partial charge < -0.3 is 14.1 Å². The summed E-state index contributed by atoms with van der Waals surface area (Å²) in [6, 6.07) is 11.3. The van der Waals surface area contributed by atoms with Crippen molar-refractivity contribution in [2.45, 2.75) is 13.5 Å². The third-order valence-corrected chi connectivity index (χ3v) is 2.84. The molecule has 0 aliphatic heterocycles. The van der Waals surface area contributed by atoms with Gasteiger partial charge in [0.1, 0.15) is 11.5 Å².